The first-order valence-corrected chi connectivity index (χ1v) is 5.60. The van der Waals surface area contributed by atoms with Gasteiger partial charge in [-0.1, -0.05) is 6.92 Å². The van der Waals surface area contributed by atoms with E-state index in [0.717, 1.165) is 24.5 Å². The van der Waals surface area contributed by atoms with Crippen LogP contribution < -0.4 is 11.3 Å². The van der Waals surface area contributed by atoms with Gasteiger partial charge in [0.2, 0.25) is 0 Å². The molecule has 3 N–H and O–H groups in total. The molecule has 0 saturated carbocycles. The second-order valence-corrected chi connectivity index (χ2v) is 3.71. The highest BCUT2D eigenvalue weighted by atomic mass is 15.3. The molecule has 6 heteroatoms. The molecule has 2 rings (SSSR count). The third-order valence-corrected chi connectivity index (χ3v) is 2.52. The maximum Gasteiger partial charge on any atom is 0.133 e. The fraction of sp³-hybridized carbons (Fsp3) is 0.364. The number of nitrogens with one attached hydrogen (secondary N) is 1. The summed E-state index contributed by atoms with van der Waals surface area (Å²) in [5.41, 5.74) is 3.50. The lowest BCUT2D eigenvalue weighted by atomic mass is 10.2. The number of aromatic nitrogens is 4. The molecule has 0 aliphatic heterocycles. The fourth-order valence-corrected chi connectivity index (χ4v) is 1.76. The summed E-state index contributed by atoms with van der Waals surface area (Å²) in [6, 6.07) is -0.231. The lowest BCUT2D eigenvalue weighted by Crippen LogP contribution is -2.31. The Morgan fingerprint density at radius 3 is 2.88 bits per heavy atom. The van der Waals surface area contributed by atoms with Crippen molar-refractivity contribution in [3.8, 4) is 0 Å². The van der Waals surface area contributed by atoms with Gasteiger partial charge in [0.05, 0.1) is 11.9 Å². The smallest absolute Gasteiger partial charge is 0.133 e. The largest absolute Gasteiger partial charge is 0.333 e. The van der Waals surface area contributed by atoms with E-state index in [1.165, 1.54) is 0 Å². The van der Waals surface area contributed by atoms with Crippen molar-refractivity contribution >= 4 is 0 Å². The molecule has 0 aromatic carbocycles. The van der Waals surface area contributed by atoms with Crippen molar-refractivity contribution in [2.75, 3.05) is 0 Å². The van der Waals surface area contributed by atoms with E-state index >= 15 is 0 Å². The van der Waals surface area contributed by atoms with Crippen LogP contribution in [0.15, 0.2) is 31.0 Å². The van der Waals surface area contributed by atoms with Crippen LogP contribution in [0.4, 0.5) is 0 Å². The number of rotatable bonds is 5. The molecule has 2 heterocycles. The number of hydrogen-bond donors (Lipinski definition) is 2. The molecular weight excluding hydrogens is 216 g/mol. The zero-order chi connectivity index (χ0) is 12.1. The van der Waals surface area contributed by atoms with Crippen LogP contribution in [0.5, 0.6) is 0 Å². The van der Waals surface area contributed by atoms with E-state index in [1.807, 2.05) is 6.20 Å². The highest BCUT2D eigenvalue weighted by molar-refractivity contribution is 5.14. The molecule has 0 radical (unpaired) electrons. The number of aryl methyl sites for hydroxylation is 1. The normalized spacial score (nSPS) is 12.6. The van der Waals surface area contributed by atoms with Crippen molar-refractivity contribution in [3.05, 3.63) is 42.5 Å². The van der Waals surface area contributed by atoms with Crippen molar-refractivity contribution in [2.24, 2.45) is 5.84 Å². The second kappa shape index (κ2) is 5.51. The molecule has 0 fully saturated rings. The summed E-state index contributed by atoms with van der Waals surface area (Å²) >= 11 is 0. The number of nitrogens with zero attached hydrogens (tertiary/aromatic N) is 4. The molecular formula is C11H16N6. The first-order chi connectivity index (χ1) is 8.36. The van der Waals surface area contributed by atoms with Crippen LogP contribution in [0.2, 0.25) is 0 Å². The van der Waals surface area contributed by atoms with Gasteiger partial charge in [-0.05, 0) is 6.42 Å². The Morgan fingerprint density at radius 2 is 2.24 bits per heavy atom. The van der Waals surface area contributed by atoms with Crippen molar-refractivity contribution < 1.29 is 0 Å². The van der Waals surface area contributed by atoms with Gasteiger partial charge in [0.25, 0.3) is 0 Å². The molecule has 2 aromatic heterocycles. The zero-order valence-electron chi connectivity index (χ0n) is 9.74. The van der Waals surface area contributed by atoms with Gasteiger partial charge in [0, 0.05) is 31.3 Å². The molecule has 0 amide bonds. The topological polar surface area (TPSA) is 81.7 Å². The summed E-state index contributed by atoms with van der Waals surface area (Å²) in [6.07, 6.45) is 9.73. The molecule has 1 atom stereocenters. The molecule has 0 aliphatic rings. The van der Waals surface area contributed by atoms with E-state index < -0.39 is 0 Å². The van der Waals surface area contributed by atoms with Crippen molar-refractivity contribution in [2.45, 2.75) is 25.9 Å². The predicted octanol–water partition coefficient (Wildman–Crippen LogP) is 0.636. The standard InChI is InChI=1S/C11H16N6/c1-2-6-17-7-5-15-11(17)10(16-12)9-8-13-3-4-14-9/h3-5,7-8,10,16H,2,6,12H2,1H3. The van der Waals surface area contributed by atoms with Gasteiger partial charge < -0.3 is 4.57 Å². The van der Waals surface area contributed by atoms with Gasteiger partial charge in [0.15, 0.2) is 0 Å². The molecule has 0 spiro atoms. The summed E-state index contributed by atoms with van der Waals surface area (Å²) < 4.78 is 2.07. The molecule has 90 valence electrons. The van der Waals surface area contributed by atoms with E-state index in [4.69, 9.17) is 5.84 Å². The lowest BCUT2D eigenvalue weighted by molar-refractivity contribution is 0.535. The average molecular weight is 232 g/mol. The summed E-state index contributed by atoms with van der Waals surface area (Å²) in [6.45, 7) is 3.03. The van der Waals surface area contributed by atoms with Crippen molar-refractivity contribution in [1.82, 2.24) is 24.9 Å². The summed E-state index contributed by atoms with van der Waals surface area (Å²) in [5.74, 6) is 6.45. The molecule has 0 aliphatic carbocycles. The van der Waals surface area contributed by atoms with Crippen LogP contribution in [-0.4, -0.2) is 19.5 Å². The zero-order valence-corrected chi connectivity index (χ0v) is 9.74. The molecule has 2 aromatic rings. The number of hydrazine groups is 1. The van der Waals surface area contributed by atoms with Crippen LogP contribution in [0.25, 0.3) is 0 Å². The van der Waals surface area contributed by atoms with Crippen molar-refractivity contribution in [3.63, 3.8) is 0 Å². The maximum absolute atomic E-state index is 5.59. The van der Waals surface area contributed by atoms with E-state index in [1.54, 1.807) is 24.8 Å². The minimum absolute atomic E-state index is 0.231. The van der Waals surface area contributed by atoms with Gasteiger partial charge in [-0.3, -0.25) is 15.8 Å². The number of nitrogens with two attached hydrogens (primary N) is 1. The first kappa shape index (κ1) is 11.7. The summed E-state index contributed by atoms with van der Waals surface area (Å²) in [5, 5.41) is 0. The minimum atomic E-state index is -0.231. The average Bonchev–Trinajstić information content (AvgIpc) is 2.81. The highest BCUT2D eigenvalue weighted by Gasteiger charge is 2.18. The number of hydrogen-bond acceptors (Lipinski definition) is 5. The van der Waals surface area contributed by atoms with Gasteiger partial charge in [-0.2, -0.15) is 0 Å². The van der Waals surface area contributed by atoms with Gasteiger partial charge >= 0.3 is 0 Å². The minimum Gasteiger partial charge on any atom is -0.333 e. The molecule has 17 heavy (non-hydrogen) atoms. The van der Waals surface area contributed by atoms with Crippen LogP contribution in [0, 0.1) is 0 Å². The monoisotopic (exact) mass is 232 g/mol. The Kier molecular flexibility index (Phi) is 3.79. The Hall–Kier alpha value is -1.79. The summed E-state index contributed by atoms with van der Waals surface area (Å²) in [4.78, 5) is 12.6. The van der Waals surface area contributed by atoms with Gasteiger partial charge in [0.1, 0.15) is 11.9 Å². The highest BCUT2D eigenvalue weighted by Crippen LogP contribution is 2.17. The van der Waals surface area contributed by atoms with Crippen molar-refractivity contribution in [1.29, 1.82) is 0 Å². The second-order valence-electron chi connectivity index (χ2n) is 3.71. The molecule has 1 unspecified atom stereocenters. The Bertz CT molecular complexity index is 452. The van der Waals surface area contributed by atoms with Gasteiger partial charge in [-0.15, -0.1) is 0 Å². The van der Waals surface area contributed by atoms with Crippen LogP contribution in [-0.2, 0) is 6.54 Å². The number of imidazole rings is 1. The Labute approximate surface area is 99.9 Å². The van der Waals surface area contributed by atoms with Crippen LogP contribution in [0.1, 0.15) is 30.9 Å². The summed E-state index contributed by atoms with van der Waals surface area (Å²) in [7, 11) is 0. The fourth-order valence-electron chi connectivity index (χ4n) is 1.76. The van der Waals surface area contributed by atoms with E-state index in [0.29, 0.717) is 0 Å². The third-order valence-electron chi connectivity index (χ3n) is 2.52. The Balaban J connectivity index is 2.32. The predicted molar refractivity (Wildman–Crippen MR) is 63.7 cm³/mol. The third kappa shape index (κ3) is 2.48. The van der Waals surface area contributed by atoms with E-state index in [9.17, 15) is 0 Å². The van der Waals surface area contributed by atoms with Crippen LogP contribution in [0.3, 0.4) is 0 Å². The van der Waals surface area contributed by atoms with Gasteiger partial charge in [-0.25, -0.2) is 10.4 Å². The maximum atomic E-state index is 5.59. The first-order valence-electron chi connectivity index (χ1n) is 5.60. The molecule has 0 bridgehead atoms. The lowest BCUT2D eigenvalue weighted by Gasteiger charge is -2.16. The van der Waals surface area contributed by atoms with Crippen LogP contribution >= 0.6 is 0 Å². The molecule has 6 nitrogen and oxygen atoms in total. The Morgan fingerprint density at radius 1 is 1.35 bits per heavy atom. The van der Waals surface area contributed by atoms with E-state index in [2.05, 4.69) is 31.9 Å². The van der Waals surface area contributed by atoms with E-state index in [-0.39, 0.29) is 6.04 Å². The SMILES string of the molecule is CCCn1ccnc1C(NN)c1cnccn1. The molecule has 0 saturated heterocycles. The quantitative estimate of drug-likeness (QED) is 0.584.